The molecule has 6 aromatic carbocycles. The van der Waals surface area contributed by atoms with Crippen LogP contribution in [0.5, 0.6) is 0 Å². The summed E-state index contributed by atoms with van der Waals surface area (Å²) in [5.41, 5.74) is 5.96. The van der Waals surface area contributed by atoms with Crippen molar-refractivity contribution in [3.63, 3.8) is 0 Å². The minimum absolute atomic E-state index is 0.420. The molecular formula is C44H36O8. The average Bonchev–Trinajstić information content (AvgIpc) is 3.19. The van der Waals surface area contributed by atoms with Gasteiger partial charge in [-0.15, -0.1) is 0 Å². The van der Waals surface area contributed by atoms with Crippen LogP contribution in [0.25, 0.3) is 43.8 Å². The van der Waals surface area contributed by atoms with Crippen molar-refractivity contribution >= 4 is 45.4 Å². The van der Waals surface area contributed by atoms with Crippen LogP contribution < -0.4 is 0 Å². The maximum Gasteiger partial charge on any atom is 0.338 e. The van der Waals surface area contributed by atoms with Gasteiger partial charge in [0, 0.05) is 22.6 Å². The highest BCUT2D eigenvalue weighted by Crippen LogP contribution is 2.58. The van der Waals surface area contributed by atoms with E-state index in [9.17, 15) is 19.2 Å². The van der Waals surface area contributed by atoms with E-state index >= 15 is 0 Å². The van der Waals surface area contributed by atoms with Crippen LogP contribution in [0, 0.1) is 11.8 Å². The van der Waals surface area contributed by atoms with Crippen LogP contribution in [0.15, 0.2) is 121 Å². The maximum atomic E-state index is 13.5. The Morgan fingerprint density at radius 2 is 0.769 bits per heavy atom. The maximum absolute atomic E-state index is 13.5. The highest BCUT2D eigenvalue weighted by atomic mass is 16.5. The van der Waals surface area contributed by atoms with Crippen LogP contribution in [0.2, 0.25) is 0 Å². The number of carbonyl (C=O) groups excluding carboxylic acids is 4. The lowest BCUT2D eigenvalue weighted by atomic mass is 9.52. The SMILES string of the molecule is COC(=O)c1cccc2cccc(-c3ccc(C4C(C(=O)OC)C(c5ccc(-c6cccc7cccc(C(=O)OC)c67)cc5)C4C(=O)OC)cc3)c12. The number of hydrogen-bond donors (Lipinski definition) is 0. The molecular weight excluding hydrogens is 656 g/mol. The Balaban J connectivity index is 1.25. The molecule has 8 heteroatoms. The molecule has 0 unspecified atom stereocenters. The molecule has 0 radical (unpaired) electrons. The number of carbonyl (C=O) groups is 4. The lowest BCUT2D eigenvalue weighted by Gasteiger charge is -2.49. The average molecular weight is 693 g/mol. The van der Waals surface area contributed by atoms with Crippen molar-refractivity contribution < 1.29 is 38.1 Å². The number of ether oxygens (including phenoxy) is 4. The number of methoxy groups -OCH3 is 4. The summed E-state index contributed by atoms with van der Waals surface area (Å²) in [6, 6.07) is 38.2. The van der Waals surface area contributed by atoms with E-state index in [1.807, 2.05) is 109 Å². The Hall–Kier alpha value is -6.28. The Morgan fingerprint density at radius 3 is 1.10 bits per heavy atom. The van der Waals surface area contributed by atoms with Gasteiger partial charge in [-0.3, -0.25) is 9.59 Å². The standard InChI is InChI=1S/C44H36O8/c1-49-41(45)33-15-7-11-27-9-5-13-31(35(27)33)25-17-21-29(22-18-25)37-39(43(47)51-3)38(40(37)44(48)52-4)30-23-19-26(20-24-30)32-14-6-10-28-12-8-16-34(36(28)32)42(46)50-2/h5-24,37-40H,1-4H3. The first-order valence-electron chi connectivity index (χ1n) is 16.9. The van der Waals surface area contributed by atoms with Gasteiger partial charge in [-0.2, -0.15) is 0 Å². The van der Waals surface area contributed by atoms with Gasteiger partial charge >= 0.3 is 23.9 Å². The van der Waals surface area contributed by atoms with Gasteiger partial charge in [0.1, 0.15) is 0 Å². The minimum Gasteiger partial charge on any atom is -0.469 e. The molecule has 0 amide bonds. The summed E-state index contributed by atoms with van der Waals surface area (Å²) in [5.74, 6) is -4.00. The van der Waals surface area contributed by atoms with Gasteiger partial charge in [-0.1, -0.05) is 109 Å². The number of esters is 4. The second-order valence-electron chi connectivity index (χ2n) is 12.8. The third kappa shape index (κ3) is 5.76. The van der Waals surface area contributed by atoms with Crippen molar-refractivity contribution in [1.29, 1.82) is 0 Å². The molecule has 8 nitrogen and oxygen atoms in total. The lowest BCUT2D eigenvalue weighted by molar-refractivity contribution is -0.164. The molecule has 0 spiro atoms. The van der Waals surface area contributed by atoms with Gasteiger partial charge in [0.05, 0.1) is 51.4 Å². The predicted molar refractivity (Wildman–Crippen MR) is 198 cm³/mol. The normalized spacial score (nSPS) is 17.9. The van der Waals surface area contributed by atoms with E-state index in [2.05, 4.69) is 0 Å². The van der Waals surface area contributed by atoms with Crippen LogP contribution in [-0.4, -0.2) is 52.3 Å². The third-order valence-corrected chi connectivity index (χ3v) is 10.3. The van der Waals surface area contributed by atoms with Crippen molar-refractivity contribution in [2.24, 2.45) is 11.8 Å². The predicted octanol–water partition coefficient (Wildman–Crippen LogP) is 8.36. The first kappa shape index (κ1) is 34.2. The quantitative estimate of drug-likeness (QED) is 0.116. The molecule has 6 aromatic rings. The Morgan fingerprint density at radius 1 is 0.423 bits per heavy atom. The van der Waals surface area contributed by atoms with E-state index in [-0.39, 0.29) is 0 Å². The van der Waals surface area contributed by atoms with Crippen molar-refractivity contribution in [1.82, 2.24) is 0 Å². The lowest BCUT2D eigenvalue weighted by Crippen LogP contribution is -2.51. The number of hydrogen-bond acceptors (Lipinski definition) is 8. The third-order valence-electron chi connectivity index (χ3n) is 10.3. The molecule has 0 heterocycles. The molecule has 0 saturated heterocycles. The zero-order valence-corrected chi connectivity index (χ0v) is 29.1. The van der Waals surface area contributed by atoms with E-state index in [1.54, 1.807) is 12.1 Å². The van der Waals surface area contributed by atoms with Gasteiger partial charge in [0.2, 0.25) is 0 Å². The van der Waals surface area contributed by atoms with E-state index < -0.39 is 47.5 Å². The Kier molecular flexibility index (Phi) is 9.30. The highest BCUT2D eigenvalue weighted by Gasteiger charge is 2.59. The monoisotopic (exact) mass is 692 g/mol. The summed E-state index contributed by atoms with van der Waals surface area (Å²) >= 11 is 0. The number of rotatable bonds is 8. The fraction of sp³-hybridized carbons (Fsp3) is 0.182. The summed E-state index contributed by atoms with van der Waals surface area (Å²) in [5, 5.41) is 3.36. The molecule has 0 aromatic heterocycles. The molecule has 0 bridgehead atoms. The van der Waals surface area contributed by atoms with Crippen LogP contribution in [0.4, 0.5) is 0 Å². The molecule has 52 heavy (non-hydrogen) atoms. The van der Waals surface area contributed by atoms with E-state index in [0.717, 1.165) is 54.9 Å². The topological polar surface area (TPSA) is 105 Å². The van der Waals surface area contributed by atoms with Gasteiger partial charge in [-0.05, 0) is 56.3 Å². The Bertz CT molecular complexity index is 2160. The van der Waals surface area contributed by atoms with Gasteiger partial charge in [-0.25, -0.2) is 9.59 Å². The molecule has 1 aliphatic rings. The van der Waals surface area contributed by atoms with Crippen molar-refractivity contribution in [3.8, 4) is 22.3 Å². The zero-order chi connectivity index (χ0) is 36.5. The van der Waals surface area contributed by atoms with Crippen molar-refractivity contribution in [2.75, 3.05) is 28.4 Å². The fourth-order valence-electron chi connectivity index (χ4n) is 7.93. The molecule has 1 aliphatic carbocycles. The summed E-state index contributed by atoms with van der Waals surface area (Å²) in [4.78, 5) is 52.3. The van der Waals surface area contributed by atoms with Crippen LogP contribution in [0.1, 0.15) is 43.7 Å². The van der Waals surface area contributed by atoms with E-state index in [0.29, 0.717) is 11.1 Å². The molecule has 260 valence electrons. The first-order valence-corrected chi connectivity index (χ1v) is 16.9. The second-order valence-corrected chi connectivity index (χ2v) is 12.8. The molecule has 1 fully saturated rings. The van der Waals surface area contributed by atoms with Crippen LogP contribution in [0.3, 0.4) is 0 Å². The smallest absolute Gasteiger partial charge is 0.338 e. The highest BCUT2D eigenvalue weighted by molar-refractivity contribution is 6.11. The molecule has 0 N–H and O–H groups in total. The van der Waals surface area contributed by atoms with Crippen LogP contribution >= 0.6 is 0 Å². The molecule has 0 aliphatic heterocycles. The zero-order valence-electron chi connectivity index (χ0n) is 29.1. The van der Waals surface area contributed by atoms with E-state index in [1.165, 1.54) is 28.4 Å². The molecule has 7 rings (SSSR count). The van der Waals surface area contributed by atoms with Crippen molar-refractivity contribution in [2.45, 2.75) is 11.8 Å². The molecule has 1 saturated carbocycles. The van der Waals surface area contributed by atoms with Crippen LogP contribution in [-0.2, 0) is 28.5 Å². The van der Waals surface area contributed by atoms with E-state index in [4.69, 9.17) is 18.9 Å². The van der Waals surface area contributed by atoms with Gasteiger partial charge in [0.15, 0.2) is 0 Å². The minimum atomic E-state index is -0.655. The second kappa shape index (κ2) is 14.2. The molecule has 0 atom stereocenters. The largest absolute Gasteiger partial charge is 0.469 e. The Labute approximate surface area is 300 Å². The van der Waals surface area contributed by atoms with Crippen molar-refractivity contribution in [3.05, 3.63) is 144 Å². The first-order chi connectivity index (χ1) is 25.3. The number of benzene rings is 6. The summed E-state index contributed by atoms with van der Waals surface area (Å²) < 4.78 is 20.8. The summed E-state index contributed by atoms with van der Waals surface area (Å²) in [6.07, 6.45) is 0. The van der Waals surface area contributed by atoms with Gasteiger partial charge < -0.3 is 18.9 Å². The fourth-order valence-corrected chi connectivity index (χ4v) is 7.93. The summed E-state index contributed by atoms with van der Waals surface area (Å²) in [6.45, 7) is 0. The number of fused-ring (bicyclic) bond motifs is 2. The summed E-state index contributed by atoms with van der Waals surface area (Å²) in [7, 11) is 5.43. The van der Waals surface area contributed by atoms with Gasteiger partial charge in [0.25, 0.3) is 0 Å².